The average molecular weight is 439 g/mol. The van der Waals surface area contributed by atoms with Crippen LogP contribution in [0.15, 0.2) is 48.8 Å². The maximum atomic E-state index is 12.7. The molecular weight excluding hydrogens is 411 g/mol. The van der Waals surface area contributed by atoms with E-state index < -0.39 is 0 Å². The first-order valence-corrected chi connectivity index (χ1v) is 9.50. The lowest BCUT2D eigenvalue weighted by atomic mass is 9.84. The number of hydrogen-bond acceptors (Lipinski definition) is 4. The Balaban J connectivity index is 0.00000210. The van der Waals surface area contributed by atoms with Crippen molar-refractivity contribution in [2.45, 2.75) is 38.1 Å². The number of halogens is 2. The number of nitrogens with two attached hydrogens (primary N) is 1. The van der Waals surface area contributed by atoms with E-state index in [9.17, 15) is 9.59 Å². The zero-order valence-corrected chi connectivity index (χ0v) is 17.8. The predicted octanol–water partition coefficient (Wildman–Crippen LogP) is 3.81. The Hall–Kier alpha value is -2.15. The van der Waals surface area contributed by atoms with Gasteiger partial charge in [0, 0.05) is 36.2 Å². The highest BCUT2D eigenvalue weighted by Gasteiger charge is 2.24. The molecule has 0 saturated heterocycles. The van der Waals surface area contributed by atoms with Crippen LogP contribution in [0.3, 0.4) is 0 Å². The van der Waals surface area contributed by atoms with E-state index in [1.165, 1.54) is 25.5 Å². The van der Waals surface area contributed by atoms with Crippen LogP contribution in [-0.2, 0) is 0 Å². The van der Waals surface area contributed by atoms with Gasteiger partial charge in [-0.2, -0.15) is 0 Å². The Kier molecular flexibility index (Phi) is 10.7. The molecule has 0 aliphatic heterocycles. The molecule has 2 aromatic rings. The third-order valence-electron chi connectivity index (χ3n) is 5.10. The fourth-order valence-corrected chi connectivity index (χ4v) is 3.60. The SMILES string of the molecule is Cl.Cl.NCC(NC(=O)c1cccc(NC(=O)c2cccnc2)c1)C1CCCCC1. The molecule has 1 aromatic heterocycles. The molecule has 2 amide bonds. The Labute approximate surface area is 183 Å². The molecule has 8 heteroatoms. The Morgan fingerprint density at radius 1 is 1.03 bits per heavy atom. The van der Waals surface area contributed by atoms with Crippen molar-refractivity contribution >= 4 is 42.3 Å². The lowest BCUT2D eigenvalue weighted by Gasteiger charge is -2.30. The molecule has 158 valence electrons. The van der Waals surface area contributed by atoms with Gasteiger partial charge in [-0.1, -0.05) is 25.3 Å². The van der Waals surface area contributed by atoms with Crippen LogP contribution >= 0.6 is 24.8 Å². The van der Waals surface area contributed by atoms with Gasteiger partial charge in [0.05, 0.1) is 5.56 Å². The van der Waals surface area contributed by atoms with E-state index in [-0.39, 0.29) is 42.7 Å². The molecule has 0 bridgehead atoms. The van der Waals surface area contributed by atoms with Crippen LogP contribution in [0, 0.1) is 5.92 Å². The summed E-state index contributed by atoms with van der Waals surface area (Å²) in [4.78, 5) is 28.9. The number of benzene rings is 1. The largest absolute Gasteiger partial charge is 0.348 e. The van der Waals surface area contributed by atoms with Gasteiger partial charge in [0.25, 0.3) is 11.8 Å². The summed E-state index contributed by atoms with van der Waals surface area (Å²) in [6.45, 7) is 0.438. The number of amides is 2. The first-order valence-electron chi connectivity index (χ1n) is 9.50. The van der Waals surface area contributed by atoms with Gasteiger partial charge in [-0.05, 0) is 49.1 Å². The second-order valence-electron chi connectivity index (χ2n) is 6.99. The molecule has 1 atom stereocenters. The Bertz CT molecular complexity index is 783. The van der Waals surface area contributed by atoms with Crippen molar-refractivity contribution in [1.82, 2.24) is 10.3 Å². The van der Waals surface area contributed by atoms with Crippen LogP contribution in [0.4, 0.5) is 5.69 Å². The zero-order chi connectivity index (χ0) is 19.1. The van der Waals surface area contributed by atoms with E-state index in [1.807, 2.05) is 0 Å². The van der Waals surface area contributed by atoms with Crippen molar-refractivity contribution in [2.75, 3.05) is 11.9 Å². The van der Waals surface area contributed by atoms with E-state index in [4.69, 9.17) is 5.73 Å². The molecular formula is C21H28Cl2N4O2. The van der Waals surface area contributed by atoms with E-state index in [2.05, 4.69) is 15.6 Å². The topological polar surface area (TPSA) is 97.1 Å². The fourth-order valence-electron chi connectivity index (χ4n) is 3.60. The second kappa shape index (κ2) is 12.4. The normalized spacial score (nSPS) is 14.7. The summed E-state index contributed by atoms with van der Waals surface area (Å²) in [6.07, 6.45) is 9.01. The van der Waals surface area contributed by atoms with Gasteiger partial charge in [0.15, 0.2) is 0 Å². The number of pyridine rings is 1. The number of nitrogens with one attached hydrogen (secondary N) is 2. The van der Waals surface area contributed by atoms with Gasteiger partial charge in [-0.25, -0.2) is 0 Å². The maximum absolute atomic E-state index is 12.7. The average Bonchev–Trinajstić information content (AvgIpc) is 2.73. The van der Waals surface area contributed by atoms with Crippen LogP contribution in [0.2, 0.25) is 0 Å². The maximum Gasteiger partial charge on any atom is 0.257 e. The van der Waals surface area contributed by atoms with Crippen LogP contribution in [-0.4, -0.2) is 29.4 Å². The van der Waals surface area contributed by atoms with Crippen LogP contribution in [0.5, 0.6) is 0 Å². The second-order valence-corrected chi connectivity index (χ2v) is 6.99. The monoisotopic (exact) mass is 438 g/mol. The van der Waals surface area contributed by atoms with Crippen molar-refractivity contribution in [3.8, 4) is 0 Å². The summed E-state index contributed by atoms with van der Waals surface area (Å²) < 4.78 is 0. The molecule has 1 fully saturated rings. The highest BCUT2D eigenvalue weighted by molar-refractivity contribution is 6.04. The number of aromatic nitrogens is 1. The van der Waals surface area contributed by atoms with E-state index in [0.29, 0.717) is 29.3 Å². The molecule has 4 N–H and O–H groups in total. The van der Waals surface area contributed by atoms with Gasteiger partial charge in [-0.15, -0.1) is 24.8 Å². The highest BCUT2D eigenvalue weighted by Crippen LogP contribution is 2.26. The molecule has 6 nitrogen and oxygen atoms in total. The van der Waals surface area contributed by atoms with Gasteiger partial charge in [-0.3, -0.25) is 14.6 Å². The molecule has 1 saturated carbocycles. The molecule has 29 heavy (non-hydrogen) atoms. The molecule has 1 heterocycles. The number of hydrogen-bond donors (Lipinski definition) is 3. The summed E-state index contributed by atoms with van der Waals surface area (Å²) in [5, 5.41) is 5.88. The van der Waals surface area contributed by atoms with E-state index >= 15 is 0 Å². The smallest absolute Gasteiger partial charge is 0.257 e. The minimum absolute atomic E-state index is 0. The minimum atomic E-state index is -0.261. The summed E-state index contributed by atoms with van der Waals surface area (Å²) in [6, 6.07) is 10.3. The summed E-state index contributed by atoms with van der Waals surface area (Å²) in [5.74, 6) is 0.0253. The molecule has 1 unspecified atom stereocenters. The zero-order valence-electron chi connectivity index (χ0n) is 16.2. The third kappa shape index (κ3) is 6.99. The van der Waals surface area contributed by atoms with Gasteiger partial charge >= 0.3 is 0 Å². The number of nitrogens with zero attached hydrogens (tertiary/aromatic N) is 1. The van der Waals surface area contributed by atoms with Crippen molar-refractivity contribution in [3.63, 3.8) is 0 Å². The van der Waals surface area contributed by atoms with Crippen LogP contribution in [0.25, 0.3) is 0 Å². The highest BCUT2D eigenvalue weighted by atomic mass is 35.5. The Morgan fingerprint density at radius 3 is 2.41 bits per heavy atom. The molecule has 3 rings (SSSR count). The number of rotatable bonds is 6. The number of anilines is 1. The quantitative estimate of drug-likeness (QED) is 0.638. The lowest BCUT2D eigenvalue weighted by Crippen LogP contribution is -2.45. The van der Waals surface area contributed by atoms with Crippen molar-refractivity contribution in [2.24, 2.45) is 11.7 Å². The molecule has 0 spiro atoms. The van der Waals surface area contributed by atoms with E-state index in [0.717, 1.165) is 12.8 Å². The summed E-state index contributed by atoms with van der Waals surface area (Å²) >= 11 is 0. The third-order valence-corrected chi connectivity index (χ3v) is 5.10. The van der Waals surface area contributed by atoms with Gasteiger partial charge in [0.2, 0.25) is 0 Å². The minimum Gasteiger partial charge on any atom is -0.348 e. The van der Waals surface area contributed by atoms with E-state index in [1.54, 1.807) is 42.6 Å². The van der Waals surface area contributed by atoms with Crippen LogP contribution in [0.1, 0.15) is 52.8 Å². The predicted molar refractivity (Wildman–Crippen MR) is 120 cm³/mol. The molecule has 1 aliphatic carbocycles. The van der Waals surface area contributed by atoms with Crippen molar-refractivity contribution < 1.29 is 9.59 Å². The molecule has 1 aromatic carbocycles. The van der Waals surface area contributed by atoms with Crippen LogP contribution < -0.4 is 16.4 Å². The fraction of sp³-hybridized carbons (Fsp3) is 0.381. The number of carbonyl (C=O) groups is 2. The van der Waals surface area contributed by atoms with Crippen molar-refractivity contribution in [3.05, 3.63) is 59.9 Å². The Morgan fingerprint density at radius 2 is 1.76 bits per heavy atom. The van der Waals surface area contributed by atoms with Gasteiger partial charge in [0.1, 0.15) is 0 Å². The first kappa shape index (κ1) is 24.9. The molecule has 0 radical (unpaired) electrons. The van der Waals surface area contributed by atoms with Crippen molar-refractivity contribution in [1.29, 1.82) is 0 Å². The first-order chi connectivity index (χ1) is 13.2. The lowest BCUT2D eigenvalue weighted by molar-refractivity contribution is 0.0914. The summed E-state index contributed by atoms with van der Waals surface area (Å²) in [7, 11) is 0. The summed E-state index contributed by atoms with van der Waals surface area (Å²) in [5.41, 5.74) is 7.45. The van der Waals surface area contributed by atoms with Gasteiger partial charge < -0.3 is 16.4 Å². The number of carbonyl (C=O) groups excluding carboxylic acids is 2. The standard InChI is InChI=1S/C21H26N4O2.2ClH/c22-13-19(15-6-2-1-3-7-15)25-20(26)16-8-4-10-18(12-16)24-21(27)17-9-5-11-23-14-17;;/h4-5,8-12,14-15,19H,1-3,6-7,13,22H2,(H,24,27)(H,25,26);2*1H. The molecule has 1 aliphatic rings.